The van der Waals surface area contributed by atoms with Crippen molar-refractivity contribution >= 4 is 17.7 Å². The third-order valence-corrected chi connectivity index (χ3v) is 8.19. The highest BCUT2D eigenvalue weighted by Crippen LogP contribution is 2.40. The zero-order valence-electron chi connectivity index (χ0n) is 26.9. The molecular formula is C32H60N4O3. The summed E-state index contributed by atoms with van der Waals surface area (Å²) < 4.78 is 0. The fraction of sp³-hybridized carbons (Fsp3) is 0.781. The molecular weight excluding hydrogens is 488 g/mol. The van der Waals surface area contributed by atoms with Gasteiger partial charge in [-0.15, -0.1) is 0 Å². The number of likely N-dealkylation sites (N-methyl/N-ethyl adjacent to an activating group) is 1. The maximum absolute atomic E-state index is 11.9. The Bertz CT molecular complexity index is 935. The number of nitrogens with zero attached hydrogens (tertiary/aromatic N) is 3. The lowest BCUT2D eigenvalue weighted by Gasteiger charge is -2.56. The second kappa shape index (κ2) is 12.5. The van der Waals surface area contributed by atoms with E-state index in [9.17, 15) is 14.4 Å². The van der Waals surface area contributed by atoms with Crippen LogP contribution in [0.5, 0.6) is 0 Å². The fourth-order valence-electron chi connectivity index (χ4n) is 4.83. The number of amides is 3. The van der Waals surface area contributed by atoms with Crippen LogP contribution in [-0.2, 0) is 14.4 Å². The molecule has 3 heterocycles. The summed E-state index contributed by atoms with van der Waals surface area (Å²) in [6, 6.07) is 0.766. The summed E-state index contributed by atoms with van der Waals surface area (Å²) in [7, 11) is 1.74. The molecule has 3 fully saturated rings. The molecule has 7 heteroatoms. The first kappa shape index (κ1) is 36.7. The van der Waals surface area contributed by atoms with E-state index in [-0.39, 0.29) is 48.2 Å². The van der Waals surface area contributed by atoms with Gasteiger partial charge in [0, 0.05) is 58.7 Å². The molecule has 0 spiro atoms. The number of nitrogens with one attached hydrogen (secondary N) is 1. The number of carbonyl (C=O) groups excluding carboxylic acids is 3. The molecule has 1 N–H and O–H groups in total. The monoisotopic (exact) mass is 548 g/mol. The van der Waals surface area contributed by atoms with Gasteiger partial charge in [0.05, 0.1) is 6.04 Å². The lowest BCUT2D eigenvalue weighted by Crippen LogP contribution is -2.68. The summed E-state index contributed by atoms with van der Waals surface area (Å²) in [5, 5.41) is 2.76. The molecule has 7 nitrogen and oxygen atoms in total. The maximum Gasteiger partial charge on any atom is 0.247 e. The van der Waals surface area contributed by atoms with Gasteiger partial charge >= 0.3 is 0 Å². The first-order chi connectivity index (χ1) is 16.9. The van der Waals surface area contributed by atoms with E-state index < -0.39 is 5.41 Å². The number of likely N-dealkylation sites (tertiary alicyclic amines) is 3. The highest BCUT2D eigenvalue weighted by Gasteiger charge is 2.44. The third kappa shape index (κ3) is 7.88. The van der Waals surface area contributed by atoms with Gasteiger partial charge in [0.15, 0.2) is 0 Å². The largest absolute Gasteiger partial charge is 0.367 e. The minimum atomic E-state index is -0.436. The molecule has 0 bridgehead atoms. The van der Waals surface area contributed by atoms with Gasteiger partial charge in [-0.05, 0) is 41.5 Å². The van der Waals surface area contributed by atoms with Crippen LogP contribution in [-0.4, -0.2) is 69.2 Å². The van der Waals surface area contributed by atoms with E-state index in [1.54, 1.807) is 11.9 Å². The molecule has 0 radical (unpaired) electrons. The van der Waals surface area contributed by atoms with Gasteiger partial charge in [-0.2, -0.15) is 0 Å². The molecule has 3 saturated heterocycles. The second-order valence-electron chi connectivity index (χ2n) is 14.4. The quantitative estimate of drug-likeness (QED) is 0.404. The summed E-state index contributed by atoms with van der Waals surface area (Å²) >= 11 is 0. The SMILES string of the molecule is C.C=C1C(C)C(C)N1C(=O)C(C)(C)C.C=C1C(C)C(C)N1C(C)(C)C.CC1C(NC(=O)C(C)(C)C)C(=O)N1C. The van der Waals surface area contributed by atoms with Gasteiger partial charge < -0.3 is 20.0 Å². The van der Waals surface area contributed by atoms with Crippen molar-refractivity contribution < 1.29 is 14.4 Å². The lowest BCUT2D eigenvalue weighted by molar-refractivity contribution is -0.151. The number of hydrogen-bond donors (Lipinski definition) is 1. The standard InChI is InChI=1S/C11H19NO.C10H18N2O2.C10H19N.CH4/c1-7-8(2)12(9(7)3)10(13)11(4,5)6;1-6-7(8(13)12(6)5)11-9(14)10(2,3)4;1-7-8(2)11(9(7)3)10(4,5)6;/h7,9H,2H2,1,3-6H3;6-7H,1-5H3,(H,11,14);7,9H,2H2,1,3-6H3;1H4. The van der Waals surface area contributed by atoms with Gasteiger partial charge in [0.2, 0.25) is 17.7 Å². The average Bonchev–Trinajstić information content (AvgIpc) is 2.79. The molecule has 39 heavy (non-hydrogen) atoms. The first-order valence-electron chi connectivity index (χ1n) is 14.0. The van der Waals surface area contributed by atoms with Crippen LogP contribution >= 0.6 is 0 Å². The van der Waals surface area contributed by atoms with Crippen molar-refractivity contribution in [1.29, 1.82) is 0 Å². The first-order valence-corrected chi connectivity index (χ1v) is 14.0. The van der Waals surface area contributed by atoms with Crippen molar-refractivity contribution in [3.05, 3.63) is 24.6 Å². The van der Waals surface area contributed by atoms with Crippen LogP contribution in [0.4, 0.5) is 0 Å². The highest BCUT2D eigenvalue weighted by molar-refractivity contribution is 5.94. The normalized spacial score (nSPS) is 28.4. The van der Waals surface area contributed by atoms with Crippen LogP contribution in [0.15, 0.2) is 24.6 Å². The second-order valence-corrected chi connectivity index (χ2v) is 14.4. The lowest BCUT2D eigenvalue weighted by atomic mass is 9.83. The Hall–Kier alpha value is -2.31. The molecule has 6 atom stereocenters. The van der Waals surface area contributed by atoms with Crippen LogP contribution in [0.3, 0.4) is 0 Å². The Kier molecular flexibility index (Phi) is 11.7. The average molecular weight is 549 g/mol. The summed E-state index contributed by atoms with van der Waals surface area (Å²) in [4.78, 5) is 40.7. The molecule has 0 aliphatic carbocycles. The topological polar surface area (TPSA) is 73.0 Å². The summed E-state index contributed by atoms with van der Waals surface area (Å²) in [6.07, 6.45) is 0. The molecule has 226 valence electrons. The predicted octanol–water partition coefficient (Wildman–Crippen LogP) is 6.07. The Labute approximate surface area is 240 Å². The predicted molar refractivity (Wildman–Crippen MR) is 164 cm³/mol. The zero-order valence-corrected chi connectivity index (χ0v) is 26.9. The fourth-order valence-corrected chi connectivity index (χ4v) is 4.83. The molecule has 3 amide bonds. The summed E-state index contributed by atoms with van der Waals surface area (Å²) in [6.45, 7) is 36.6. The minimum Gasteiger partial charge on any atom is -0.367 e. The molecule has 3 aliphatic rings. The Balaban J connectivity index is 0.000000552. The highest BCUT2D eigenvalue weighted by atomic mass is 16.2. The van der Waals surface area contributed by atoms with E-state index in [2.05, 4.69) is 71.8 Å². The molecule has 0 aromatic carbocycles. The van der Waals surface area contributed by atoms with Gasteiger partial charge in [-0.25, -0.2) is 0 Å². The maximum atomic E-state index is 11.9. The zero-order chi connectivity index (χ0) is 30.3. The van der Waals surface area contributed by atoms with Crippen LogP contribution in [0.1, 0.15) is 104 Å². The van der Waals surface area contributed by atoms with Crippen molar-refractivity contribution in [3.63, 3.8) is 0 Å². The van der Waals surface area contributed by atoms with Crippen molar-refractivity contribution in [1.82, 2.24) is 20.0 Å². The molecule has 0 saturated carbocycles. The van der Waals surface area contributed by atoms with E-state index >= 15 is 0 Å². The summed E-state index contributed by atoms with van der Waals surface area (Å²) in [5.41, 5.74) is 1.78. The van der Waals surface area contributed by atoms with E-state index in [0.717, 1.165) is 5.70 Å². The van der Waals surface area contributed by atoms with Crippen molar-refractivity contribution in [2.45, 2.75) is 134 Å². The van der Waals surface area contributed by atoms with Gasteiger partial charge in [-0.1, -0.05) is 76.0 Å². The smallest absolute Gasteiger partial charge is 0.247 e. The molecule has 0 aromatic rings. The van der Waals surface area contributed by atoms with Crippen LogP contribution < -0.4 is 5.32 Å². The van der Waals surface area contributed by atoms with Crippen LogP contribution in [0, 0.1) is 22.7 Å². The van der Waals surface area contributed by atoms with E-state index in [1.165, 1.54) is 5.70 Å². The van der Waals surface area contributed by atoms with E-state index in [4.69, 9.17) is 0 Å². The molecule has 3 rings (SSSR count). The number of rotatable bonds is 1. The van der Waals surface area contributed by atoms with Crippen molar-refractivity contribution in [2.75, 3.05) is 7.05 Å². The number of hydrogen-bond acceptors (Lipinski definition) is 4. The third-order valence-electron chi connectivity index (χ3n) is 8.19. The van der Waals surface area contributed by atoms with E-state index in [0.29, 0.717) is 23.9 Å². The van der Waals surface area contributed by atoms with Gasteiger partial charge in [-0.3, -0.25) is 14.4 Å². The Morgan fingerprint density at radius 3 is 1.46 bits per heavy atom. The van der Waals surface area contributed by atoms with Crippen LogP contribution in [0.2, 0.25) is 0 Å². The Morgan fingerprint density at radius 1 is 0.744 bits per heavy atom. The van der Waals surface area contributed by atoms with Crippen LogP contribution in [0.25, 0.3) is 0 Å². The molecule has 0 aromatic heterocycles. The van der Waals surface area contributed by atoms with Crippen molar-refractivity contribution in [2.24, 2.45) is 22.7 Å². The Morgan fingerprint density at radius 2 is 1.18 bits per heavy atom. The van der Waals surface area contributed by atoms with Crippen molar-refractivity contribution in [3.8, 4) is 0 Å². The summed E-state index contributed by atoms with van der Waals surface area (Å²) in [5.74, 6) is 1.23. The molecule has 6 unspecified atom stereocenters. The minimum absolute atomic E-state index is 0. The van der Waals surface area contributed by atoms with E-state index in [1.807, 2.05) is 53.4 Å². The van der Waals surface area contributed by atoms with Gasteiger partial charge in [0.1, 0.15) is 6.04 Å². The number of carbonyl (C=O) groups is 3. The van der Waals surface area contributed by atoms with Gasteiger partial charge in [0.25, 0.3) is 0 Å². The number of β-lactam (4-membered cyclic amide) rings is 1. The molecule has 3 aliphatic heterocycles.